The van der Waals surface area contributed by atoms with E-state index in [0.29, 0.717) is 6.54 Å². The number of para-hydroxylation sites is 2. The van der Waals surface area contributed by atoms with Crippen molar-refractivity contribution in [2.75, 3.05) is 5.32 Å². The molecule has 4 nitrogen and oxygen atoms in total. The van der Waals surface area contributed by atoms with Crippen molar-refractivity contribution in [2.45, 2.75) is 6.54 Å². The molecule has 0 saturated heterocycles. The number of anilines is 2. The fraction of sp³-hybridized carbons (Fsp3) is 0.0345. The van der Waals surface area contributed by atoms with E-state index in [0.717, 1.165) is 44.1 Å². The van der Waals surface area contributed by atoms with Gasteiger partial charge in [-0.15, -0.1) is 0 Å². The summed E-state index contributed by atoms with van der Waals surface area (Å²) in [6.45, 7) is 0.691. The minimum atomic E-state index is 0.691. The van der Waals surface area contributed by atoms with Gasteiger partial charge >= 0.3 is 0 Å². The second kappa shape index (κ2) is 8.61. The van der Waals surface area contributed by atoms with E-state index in [1.54, 1.807) is 0 Å². The molecule has 164 valence electrons. The van der Waals surface area contributed by atoms with Crippen LogP contribution in [0.1, 0.15) is 5.56 Å². The first-order valence-electron chi connectivity index (χ1n) is 11.2. The Morgan fingerprint density at radius 1 is 0.706 bits per heavy atom. The van der Waals surface area contributed by atoms with Crippen LogP contribution in [0.15, 0.2) is 115 Å². The lowest BCUT2D eigenvalue weighted by Gasteiger charge is -2.15. The molecule has 0 saturated carbocycles. The average molecular weight is 459 g/mol. The minimum Gasteiger partial charge on any atom is -0.339 e. The van der Waals surface area contributed by atoms with E-state index in [1.807, 2.05) is 48.5 Å². The summed E-state index contributed by atoms with van der Waals surface area (Å²) in [5, 5.41) is 4.63. The third-order valence-electron chi connectivity index (χ3n) is 6.00. The minimum absolute atomic E-state index is 0.691. The Labute approximate surface area is 202 Å². The Morgan fingerprint density at radius 2 is 1.32 bits per heavy atom. The van der Waals surface area contributed by atoms with Crippen molar-refractivity contribution < 1.29 is 0 Å². The van der Waals surface area contributed by atoms with Crippen LogP contribution in [0.4, 0.5) is 11.5 Å². The molecule has 5 heteroatoms. The molecule has 0 aliphatic heterocycles. The molecule has 0 amide bonds. The van der Waals surface area contributed by atoms with Crippen LogP contribution in [0, 0.1) is 4.64 Å². The van der Waals surface area contributed by atoms with E-state index < -0.39 is 0 Å². The lowest BCUT2D eigenvalue weighted by atomic mass is 10.1. The summed E-state index contributed by atoms with van der Waals surface area (Å²) in [5.74, 6) is 1.68. The van der Waals surface area contributed by atoms with Gasteiger partial charge in [-0.1, -0.05) is 103 Å². The van der Waals surface area contributed by atoms with Gasteiger partial charge in [0.15, 0.2) is 0 Å². The number of hydrogen-bond acceptors (Lipinski definition) is 3. The van der Waals surface area contributed by atoms with E-state index in [1.165, 1.54) is 5.56 Å². The number of nitrogens with one attached hydrogen (secondary N) is 1. The van der Waals surface area contributed by atoms with Gasteiger partial charge in [0, 0.05) is 16.6 Å². The summed E-state index contributed by atoms with van der Waals surface area (Å²) >= 11 is 6.06. The highest BCUT2D eigenvalue weighted by Crippen LogP contribution is 2.33. The molecule has 0 aliphatic rings. The Hall–Kier alpha value is -4.22. The second-order valence-corrected chi connectivity index (χ2v) is 8.58. The van der Waals surface area contributed by atoms with Gasteiger partial charge in [0.25, 0.3) is 0 Å². The van der Waals surface area contributed by atoms with E-state index >= 15 is 0 Å². The molecule has 6 aromatic rings. The van der Waals surface area contributed by atoms with E-state index in [9.17, 15) is 0 Å². The number of aromatic nitrogens is 3. The van der Waals surface area contributed by atoms with Crippen molar-refractivity contribution in [1.29, 1.82) is 0 Å². The molecule has 4 aromatic carbocycles. The van der Waals surface area contributed by atoms with Crippen LogP contribution >= 0.6 is 12.2 Å². The zero-order chi connectivity index (χ0) is 22.9. The lowest BCUT2D eigenvalue weighted by molar-refractivity contribution is 0.820. The fourth-order valence-corrected chi connectivity index (χ4v) is 4.74. The summed E-state index contributed by atoms with van der Waals surface area (Å²) < 4.78 is 5.07. The largest absolute Gasteiger partial charge is 0.339 e. The van der Waals surface area contributed by atoms with E-state index in [4.69, 9.17) is 17.2 Å². The number of hydrogen-bond donors (Lipinski definition) is 1. The third kappa shape index (κ3) is 3.56. The summed E-state index contributed by atoms with van der Waals surface area (Å²) in [5.41, 5.74) is 5.17. The van der Waals surface area contributed by atoms with Crippen molar-refractivity contribution in [3.63, 3.8) is 0 Å². The molecule has 34 heavy (non-hydrogen) atoms. The van der Waals surface area contributed by atoms with Gasteiger partial charge in [-0.25, -0.2) is 4.98 Å². The second-order valence-electron chi connectivity index (χ2n) is 8.20. The van der Waals surface area contributed by atoms with Gasteiger partial charge in [0.2, 0.25) is 5.78 Å². The van der Waals surface area contributed by atoms with Gasteiger partial charge in [0.1, 0.15) is 16.2 Å². The highest BCUT2D eigenvalue weighted by atomic mass is 32.1. The Morgan fingerprint density at radius 3 is 2.06 bits per heavy atom. The molecule has 2 aromatic heterocycles. The molecule has 2 heterocycles. The van der Waals surface area contributed by atoms with Gasteiger partial charge in [-0.2, -0.15) is 0 Å². The molecule has 0 atom stereocenters. The maximum absolute atomic E-state index is 6.06. The topological polar surface area (TPSA) is 34.3 Å². The Bertz CT molecular complexity index is 1650. The average Bonchev–Trinajstić information content (AvgIpc) is 3.27. The summed E-state index contributed by atoms with van der Waals surface area (Å²) in [6.07, 6.45) is 0. The third-order valence-corrected chi connectivity index (χ3v) is 6.40. The van der Waals surface area contributed by atoms with Crippen LogP contribution in [0.3, 0.4) is 0 Å². The van der Waals surface area contributed by atoms with Gasteiger partial charge < -0.3 is 9.88 Å². The fourth-order valence-electron chi connectivity index (χ4n) is 4.39. The maximum atomic E-state index is 6.06. The first kappa shape index (κ1) is 20.4. The number of nitrogens with zero attached hydrogens (tertiary/aromatic N) is 3. The van der Waals surface area contributed by atoms with Crippen LogP contribution in [-0.4, -0.2) is 14.0 Å². The van der Waals surface area contributed by atoms with Crippen LogP contribution < -0.4 is 5.32 Å². The predicted molar refractivity (Wildman–Crippen MR) is 142 cm³/mol. The highest BCUT2D eigenvalue weighted by molar-refractivity contribution is 7.71. The first-order valence-corrected chi connectivity index (χ1v) is 11.7. The van der Waals surface area contributed by atoms with Crippen molar-refractivity contribution in [1.82, 2.24) is 14.0 Å². The first-order chi connectivity index (χ1) is 16.8. The van der Waals surface area contributed by atoms with Crippen LogP contribution in [0.25, 0.3) is 27.9 Å². The standard InChI is InChI=1S/C29H22N4S/c34-28-24-18-10-11-19-25(24)32(20-21-12-4-1-5-13-21)29-31-26(22-14-6-2-7-15-22)27(33(28)29)30-23-16-8-3-9-17-23/h1-19,30H,20H2. The smallest absolute Gasteiger partial charge is 0.218 e. The van der Waals surface area contributed by atoms with Crippen molar-refractivity contribution >= 4 is 40.4 Å². The summed E-state index contributed by atoms with van der Waals surface area (Å²) in [6, 6.07) is 39.2. The highest BCUT2D eigenvalue weighted by Gasteiger charge is 2.20. The normalized spacial score (nSPS) is 11.2. The molecule has 1 N–H and O–H groups in total. The predicted octanol–water partition coefficient (Wildman–Crippen LogP) is 7.48. The molecule has 0 unspecified atom stereocenters. The molecule has 0 fully saturated rings. The molecular formula is C29H22N4S. The van der Waals surface area contributed by atoms with Crippen LogP contribution in [0.5, 0.6) is 0 Å². The van der Waals surface area contributed by atoms with Crippen LogP contribution in [0.2, 0.25) is 0 Å². The maximum Gasteiger partial charge on any atom is 0.218 e. The Kier molecular flexibility index (Phi) is 5.17. The van der Waals surface area contributed by atoms with Gasteiger partial charge in [-0.05, 0) is 29.8 Å². The Balaban J connectivity index is 1.70. The molecule has 0 radical (unpaired) electrons. The van der Waals surface area contributed by atoms with Crippen molar-refractivity contribution in [3.05, 3.63) is 125 Å². The van der Waals surface area contributed by atoms with E-state index in [2.05, 4.69) is 81.0 Å². The molecule has 0 bridgehead atoms. The zero-order valence-electron chi connectivity index (χ0n) is 18.4. The summed E-state index contributed by atoms with van der Waals surface area (Å²) in [4.78, 5) is 5.18. The number of benzene rings is 4. The zero-order valence-corrected chi connectivity index (χ0v) is 19.2. The van der Waals surface area contributed by atoms with Gasteiger partial charge in [-0.3, -0.25) is 4.40 Å². The van der Waals surface area contributed by atoms with Crippen molar-refractivity contribution in [3.8, 4) is 11.3 Å². The number of imidazole rings is 1. The lowest BCUT2D eigenvalue weighted by Crippen LogP contribution is -2.09. The molecular weight excluding hydrogens is 436 g/mol. The number of rotatable bonds is 5. The van der Waals surface area contributed by atoms with E-state index in [-0.39, 0.29) is 0 Å². The van der Waals surface area contributed by atoms with Crippen molar-refractivity contribution in [2.24, 2.45) is 0 Å². The molecule has 0 spiro atoms. The SMILES string of the molecule is S=c1c2ccccc2n(Cc2ccccc2)c2nc(-c3ccccc3)c(Nc3ccccc3)n12. The molecule has 0 aliphatic carbocycles. The quantitative estimate of drug-likeness (QED) is 0.272. The summed E-state index contributed by atoms with van der Waals surface area (Å²) in [7, 11) is 0. The monoisotopic (exact) mass is 458 g/mol. The van der Waals surface area contributed by atoms with Crippen LogP contribution in [-0.2, 0) is 6.54 Å². The van der Waals surface area contributed by atoms with Gasteiger partial charge in [0.05, 0.1) is 12.1 Å². The number of fused-ring (bicyclic) bond motifs is 2. The molecule has 6 rings (SSSR count).